The molecule has 0 spiro atoms. The lowest BCUT2D eigenvalue weighted by atomic mass is 10.1. The molecule has 3 unspecified atom stereocenters. The molecule has 0 aliphatic carbocycles. The van der Waals surface area contributed by atoms with E-state index in [1.54, 1.807) is 0 Å². The van der Waals surface area contributed by atoms with Crippen molar-refractivity contribution in [2.45, 2.75) is 84.2 Å². The van der Waals surface area contributed by atoms with Gasteiger partial charge < -0.3 is 9.16 Å². The monoisotopic (exact) mass is 286 g/mol. The van der Waals surface area contributed by atoms with Gasteiger partial charge in [-0.05, 0) is 15.6 Å². The number of carbonyl (C=O) groups is 1. The fraction of sp³-hybridized carbons (Fsp3) is 0.933. The van der Waals surface area contributed by atoms with Crippen molar-refractivity contribution in [3.63, 3.8) is 0 Å². The van der Waals surface area contributed by atoms with E-state index >= 15 is 0 Å². The molecule has 3 nitrogen and oxygen atoms in total. The van der Waals surface area contributed by atoms with Gasteiger partial charge in [-0.1, -0.05) is 55.4 Å². The highest BCUT2D eigenvalue weighted by molar-refractivity contribution is 6.81. The Morgan fingerprint density at radius 2 is 1.47 bits per heavy atom. The summed E-state index contributed by atoms with van der Waals surface area (Å²) in [5.74, 6) is 0.00526. The van der Waals surface area contributed by atoms with Gasteiger partial charge in [0.15, 0.2) is 6.29 Å². The normalized spacial score (nSPS) is 31.3. The second-order valence-corrected chi connectivity index (χ2v) is 13.6. The van der Waals surface area contributed by atoms with E-state index in [9.17, 15) is 4.79 Å². The summed E-state index contributed by atoms with van der Waals surface area (Å²) in [6, 6.07) is 0. The number of hydrogen-bond donors (Lipinski definition) is 0. The third kappa shape index (κ3) is 2.61. The summed E-state index contributed by atoms with van der Waals surface area (Å²) >= 11 is 0. The van der Waals surface area contributed by atoms with Crippen molar-refractivity contribution in [3.05, 3.63) is 0 Å². The molecular formula is C15H30O3Si. The number of esters is 1. The van der Waals surface area contributed by atoms with Gasteiger partial charge in [-0.2, -0.15) is 0 Å². The highest BCUT2D eigenvalue weighted by atomic mass is 28.4. The molecular weight excluding hydrogens is 256 g/mol. The second kappa shape index (κ2) is 4.88. The molecule has 0 bridgehead atoms. The zero-order valence-corrected chi connectivity index (χ0v) is 15.0. The van der Waals surface area contributed by atoms with Crippen molar-refractivity contribution in [3.8, 4) is 0 Å². The summed E-state index contributed by atoms with van der Waals surface area (Å²) in [7, 11) is -2.11. The van der Waals surface area contributed by atoms with Crippen LogP contribution in [0, 0.1) is 5.92 Å². The number of rotatable bonds is 1. The van der Waals surface area contributed by atoms with Gasteiger partial charge in [-0.25, -0.2) is 0 Å². The maximum Gasteiger partial charge on any atom is 0.304 e. The lowest BCUT2D eigenvalue weighted by Gasteiger charge is -2.50. The summed E-state index contributed by atoms with van der Waals surface area (Å²) in [5, 5.41) is 0.210. The Morgan fingerprint density at radius 3 is 1.74 bits per heavy atom. The zero-order valence-electron chi connectivity index (χ0n) is 14.0. The van der Waals surface area contributed by atoms with Gasteiger partial charge in [-0.3, -0.25) is 4.79 Å². The summed E-state index contributed by atoms with van der Waals surface area (Å²) in [6.07, 6.45) is -0.377. The van der Waals surface area contributed by atoms with Crippen LogP contribution in [0.25, 0.3) is 0 Å². The quantitative estimate of drug-likeness (QED) is 0.527. The van der Waals surface area contributed by atoms with Crippen LogP contribution in [-0.4, -0.2) is 20.6 Å². The van der Waals surface area contributed by atoms with Crippen molar-refractivity contribution >= 4 is 14.3 Å². The van der Waals surface area contributed by atoms with Crippen molar-refractivity contribution in [2.24, 2.45) is 5.92 Å². The number of ether oxygens (including phenoxy) is 1. The zero-order chi connectivity index (χ0) is 15.2. The first kappa shape index (κ1) is 16.7. The third-order valence-corrected chi connectivity index (χ3v) is 11.5. The summed E-state index contributed by atoms with van der Waals surface area (Å²) < 4.78 is 11.9. The molecule has 0 aromatic heterocycles. The molecule has 1 heterocycles. The van der Waals surface area contributed by atoms with Crippen molar-refractivity contribution in [1.82, 2.24) is 0 Å². The maximum absolute atomic E-state index is 11.3. The van der Waals surface area contributed by atoms with Gasteiger partial charge in [0.05, 0.1) is 0 Å². The molecule has 0 saturated carbocycles. The molecule has 112 valence electrons. The van der Waals surface area contributed by atoms with E-state index < -0.39 is 8.32 Å². The van der Waals surface area contributed by atoms with Crippen LogP contribution in [0.15, 0.2) is 0 Å². The second-order valence-electron chi connectivity index (χ2n) is 7.98. The van der Waals surface area contributed by atoms with Gasteiger partial charge in [0.1, 0.15) is 0 Å². The molecule has 1 aliphatic heterocycles. The van der Waals surface area contributed by atoms with Crippen LogP contribution in [0.2, 0.25) is 15.6 Å². The van der Waals surface area contributed by atoms with Crippen molar-refractivity contribution in [1.29, 1.82) is 0 Å². The maximum atomic E-state index is 11.3. The lowest BCUT2D eigenvalue weighted by molar-refractivity contribution is -0.165. The van der Waals surface area contributed by atoms with E-state index in [1.807, 2.05) is 0 Å². The van der Waals surface area contributed by atoms with Crippen LogP contribution in [0.3, 0.4) is 0 Å². The Balaban J connectivity index is 3.25. The van der Waals surface area contributed by atoms with Gasteiger partial charge in [-0.15, -0.1) is 0 Å². The van der Waals surface area contributed by atoms with E-state index in [4.69, 9.17) is 9.16 Å². The first-order chi connectivity index (χ1) is 8.34. The third-order valence-electron chi connectivity index (χ3n) is 4.67. The average Bonchev–Trinajstić information content (AvgIpc) is 2.40. The average molecular weight is 286 g/mol. The number of carbonyl (C=O) groups excluding carboxylic acids is 1. The van der Waals surface area contributed by atoms with E-state index in [0.717, 1.165) is 0 Å². The molecule has 1 saturated heterocycles. The Bertz CT molecular complexity index is 337. The first-order valence-electron chi connectivity index (χ1n) is 7.19. The number of hydrogen-bond acceptors (Lipinski definition) is 3. The van der Waals surface area contributed by atoms with Crippen LogP contribution in [0.4, 0.5) is 0 Å². The molecule has 0 N–H and O–H groups in total. The van der Waals surface area contributed by atoms with E-state index in [0.29, 0.717) is 5.54 Å². The van der Waals surface area contributed by atoms with Crippen LogP contribution >= 0.6 is 0 Å². The fourth-order valence-electron chi connectivity index (χ4n) is 4.14. The largest absolute Gasteiger partial charge is 0.437 e. The predicted octanol–water partition coefficient (Wildman–Crippen LogP) is 4.48. The Labute approximate surface area is 119 Å². The van der Waals surface area contributed by atoms with Crippen LogP contribution in [-0.2, 0) is 14.0 Å². The van der Waals surface area contributed by atoms with Gasteiger partial charge >= 0.3 is 5.97 Å². The Morgan fingerprint density at radius 1 is 1.05 bits per heavy atom. The summed E-state index contributed by atoms with van der Waals surface area (Å²) in [6.45, 7) is 19.5. The predicted molar refractivity (Wildman–Crippen MR) is 80.4 cm³/mol. The Kier molecular flexibility index (Phi) is 4.29. The minimum atomic E-state index is -2.11. The Hall–Kier alpha value is -0.353. The lowest BCUT2D eigenvalue weighted by Crippen LogP contribution is -2.55. The highest BCUT2D eigenvalue weighted by Gasteiger charge is 2.65. The fourth-order valence-corrected chi connectivity index (χ4v) is 11.6. The van der Waals surface area contributed by atoms with E-state index in [-0.39, 0.29) is 28.3 Å². The molecule has 0 amide bonds. The summed E-state index contributed by atoms with van der Waals surface area (Å²) in [5.41, 5.74) is 0.455. The molecule has 0 aromatic carbocycles. The van der Waals surface area contributed by atoms with Crippen LogP contribution in [0.1, 0.15) is 62.3 Å². The molecule has 1 fully saturated rings. The van der Waals surface area contributed by atoms with Crippen LogP contribution in [0.5, 0.6) is 0 Å². The standard InChI is InChI=1S/C15H30O3Si/c1-10-11(2)19(14(4,5)6,15(7,8)9)18-13(10)17-12(3)16/h10-11,13H,1-9H3. The van der Waals surface area contributed by atoms with Crippen LogP contribution < -0.4 is 0 Å². The molecule has 3 atom stereocenters. The highest BCUT2D eigenvalue weighted by Crippen LogP contribution is 2.63. The molecule has 1 aliphatic rings. The summed E-state index contributed by atoms with van der Waals surface area (Å²) in [4.78, 5) is 11.3. The van der Waals surface area contributed by atoms with Crippen molar-refractivity contribution < 1.29 is 14.0 Å². The molecule has 0 aromatic rings. The SMILES string of the molecule is CC(=O)OC1O[Si](C(C)(C)C)(C(C)(C)C)C(C)C1C. The molecule has 4 heteroatoms. The molecule has 19 heavy (non-hydrogen) atoms. The van der Waals surface area contributed by atoms with Gasteiger partial charge in [0.2, 0.25) is 8.32 Å². The van der Waals surface area contributed by atoms with E-state index in [2.05, 4.69) is 55.4 Å². The van der Waals surface area contributed by atoms with E-state index in [1.165, 1.54) is 6.92 Å². The van der Waals surface area contributed by atoms with Gasteiger partial charge in [0, 0.05) is 12.8 Å². The molecule has 0 radical (unpaired) electrons. The smallest absolute Gasteiger partial charge is 0.304 e. The first-order valence-corrected chi connectivity index (χ1v) is 9.18. The van der Waals surface area contributed by atoms with Crippen molar-refractivity contribution in [2.75, 3.05) is 0 Å². The minimum absolute atomic E-state index is 0.105. The minimum Gasteiger partial charge on any atom is -0.437 e. The topological polar surface area (TPSA) is 35.5 Å². The van der Waals surface area contributed by atoms with Gasteiger partial charge in [0.25, 0.3) is 0 Å². The molecule has 1 rings (SSSR count).